The Hall–Kier alpha value is -0.850. The molecule has 1 rings (SSSR count). The smallest absolute Gasteiger partial charge is 0.220 e. The first-order valence-electron chi connectivity index (χ1n) is 20.2. The van der Waals surface area contributed by atoms with Gasteiger partial charge in [0, 0.05) is 6.42 Å². The minimum atomic E-state index is -1.60. The molecular formula is C39H77NO9. The molecule has 7 N–H and O–H groups in total. The van der Waals surface area contributed by atoms with E-state index in [9.17, 15) is 35.4 Å². The van der Waals surface area contributed by atoms with Gasteiger partial charge in [-0.05, 0) is 18.8 Å². The fourth-order valence-electron chi connectivity index (χ4n) is 6.58. The molecule has 9 atom stereocenters. The van der Waals surface area contributed by atoms with Crippen LogP contribution in [0.3, 0.4) is 0 Å². The molecule has 0 radical (unpaired) electrons. The number of hydrogen-bond acceptors (Lipinski definition) is 9. The van der Waals surface area contributed by atoms with Gasteiger partial charge in [-0.1, -0.05) is 156 Å². The lowest BCUT2D eigenvalue weighted by Crippen LogP contribution is -2.60. The molecule has 10 nitrogen and oxygen atoms in total. The van der Waals surface area contributed by atoms with E-state index in [1.54, 1.807) is 0 Å². The van der Waals surface area contributed by atoms with Crippen molar-refractivity contribution in [2.45, 2.75) is 224 Å². The Labute approximate surface area is 298 Å². The zero-order valence-corrected chi connectivity index (χ0v) is 31.5. The molecule has 0 saturated carbocycles. The average molecular weight is 704 g/mol. The quantitative estimate of drug-likeness (QED) is 0.0413. The molecule has 1 aliphatic heterocycles. The van der Waals surface area contributed by atoms with Crippen LogP contribution in [-0.2, 0) is 14.3 Å². The van der Waals surface area contributed by atoms with Crippen molar-refractivity contribution in [1.29, 1.82) is 0 Å². The fraction of sp³-hybridized carbons (Fsp3) is 0.974. The number of aliphatic hydroxyl groups is 6. The van der Waals surface area contributed by atoms with Gasteiger partial charge >= 0.3 is 0 Å². The standard InChI is InChI=1S/C39H77NO9/c1-4-6-7-8-9-10-11-12-13-14-18-21-24-27-34(43)40-31(29-48-39-38(47)37(46)36(45)33(28-41)49-39)35(44)32(42)26-23-20-17-15-16-19-22-25-30(3)5-2/h30-33,35-39,41-42,44-47H,4-29H2,1-3H3,(H,40,43)/t30?,31-,32+,33+,35-,36-,37-,38+,39+/m0/s1. The van der Waals surface area contributed by atoms with Gasteiger partial charge in [0.25, 0.3) is 0 Å². The molecule has 292 valence electrons. The van der Waals surface area contributed by atoms with Gasteiger partial charge in [0.15, 0.2) is 6.29 Å². The molecule has 10 heteroatoms. The van der Waals surface area contributed by atoms with Gasteiger partial charge in [-0.3, -0.25) is 4.79 Å². The average Bonchev–Trinajstić information content (AvgIpc) is 3.10. The summed E-state index contributed by atoms with van der Waals surface area (Å²) < 4.78 is 11.1. The van der Waals surface area contributed by atoms with Crippen molar-refractivity contribution < 1.29 is 44.9 Å². The fourth-order valence-corrected chi connectivity index (χ4v) is 6.58. The van der Waals surface area contributed by atoms with E-state index in [2.05, 4.69) is 26.1 Å². The van der Waals surface area contributed by atoms with Crippen LogP contribution < -0.4 is 5.32 Å². The number of nitrogens with one attached hydrogen (secondary N) is 1. The Balaban J connectivity index is 2.48. The second kappa shape index (κ2) is 29.7. The van der Waals surface area contributed by atoms with Crippen LogP contribution in [0.1, 0.15) is 175 Å². The maximum absolute atomic E-state index is 12.9. The number of unbranched alkanes of at least 4 members (excludes halogenated alkanes) is 18. The highest BCUT2D eigenvalue weighted by Gasteiger charge is 2.44. The summed E-state index contributed by atoms with van der Waals surface area (Å²) >= 11 is 0. The van der Waals surface area contributed by atoms with Crippen molar-refractivity contribution in [3.05, 3.63) is 0 Å². The normalized spacial score (nSPS) is 23.7. The minimum Gasteiger partial charge on any atom is -0.394 e. The molecule has 1 heterocycles. The number of carbonyl (C=O) groups is 1. The first-order chi connectivity index (χ1) is 23.7. The third-order valence-corrected chi connectivity index (χ3v) is 10.3. The van der Waals surface area contributed by atoms with Gasteiger partial charge in [0.05, 0.1) is 25.4 Å². The van der Waals surface area contributed by atoms with E-state index in [-0.39, 0.29) is 18.9 Å². The molecule has 0 aromatic rings. The Morgan fingerprint density at radius 2 is 1.18 bits per heavy atom. The summed E-state index contributed by atoms with van der Waals surface area (Å²) in [6.07, 6.45) is 16.9. The van der Waals surface area contributed by atoms with Crippen LogP contribution in [0, 0.1) is 5.92 Å². The number of carbonyl (C=O) groups excluding carboxylic acids is 1. The van der Waals surface area contributed by atoms with Crippen LogP contribution in [0.25, 0.3) is 0 Å². The third kappa shape index (κ3) is 21.3. The second-order valence-electron chi connectivity index (χ2n) is 14.8. The summed E-state index contributed by atoms with van der Waals surface area (Å²) in [5, 5.41) is 64.8. The Kier molecular flexibility index (Phi) is 28.0. The van der Waals surface area contributed by atoms with E-state index < -0.39 is 55.6 Å². The highest BCUT2D eigenvalue weighted by Crippen LogP contribution is 2.23. The maximum atomic E-state index is 12.9. The lowest BCUT2D eigenvalue weighted by atomic mass is 9.98. The molecule has 0 spiro atoms. The van der Waals surface area contributed by atoms with Gasteiger partial charge in [0.1, 0.15) is 30.5 Å². The minimum absolute atomic E-state index is 0.259. The van der Waals surface area contributed by atoms with Crippen LogP contribution in [0.15, 0.2) is 0 Å². The second-order valence-corrected chi connectivity index (χ2v) is 14.8. The van der Waals surface area contributed by atoms with Gasteiger partial charge in [-0.15, -0.1) is 0 Å². The van der Waals surface area contributed by atoms with Crippen LogP contribution in [0.4, 0.5) is 0 Å². The molecule has 49 heavy (non-hydrogen) atoms. The Morgan fingerprint density at radius 1 is 0.694 bits per heavy atom. The zero-order valence-electron chi connectivity index (χ0n) is 31.5. The van der Waals surface area contributed by atoms with Crippen LogP contribution in [-0.4, -0.2) is 98.7 Å². The van der Waals surface area contributed by atoms with E-state index >= 15 is 0 Å². The number of ether oxygens (including phenoxy) is 2. The molecule has 1 fully saturated rings. The first-order valence-corrected chi connectivity index (χ1v) is 20.2. The van der Waals surface area contributed by atoms with Crippen molar-refractivity contribution in [2.24, 2.45) is 5.92 Å². The van der Waals surface area contributed by atoms with E-state index in [4.69, 9.17) is 9.47 Å². The summed E-state index contributed by atoms with van der Waals surface area (Å²) in [4.78, 5) is 12.9. The molecule has 0 aromatic heterocycles. The lowest BCUT2D eigenvalue weighted by Gasteiger charge is -2.40. The largest absolute Gasteiger partial charge is 0.394 e. The predicted octanol–water partition coefficient (Wildman–Crippen LogP) is 6.05. The van der Waals surface area contributed by atoms with Crippen molar-refractivity contribution in [3.8, 4) is 0 Å². The van der Waals surface area contributed by atoms with Gasteiger partial charge in [0.2, 0.25) is 5.91 Å². The molecular weight excluding hydrogens is 626 g/mol. The van der Waals surface area contributed by atoms with Crippen LogP contribution in [0.5, 0.6) is 0 Å². The molecule has 1 unspecified atom stereocenters. The summed E-state index contributed by atoms with van der Waals surface area (Å²) in [5.41, 5.74) is 0. The van der Waals surface area contributed by atoms with Crippen LogP contribution in [0.2, 0.25) is 0 Å². The monoisotopic (exact) mass is 704 g/mol. The zero-order chi connectivity index (χ0) is 36.3. The molecule has 0 aliphatic carbocycles. The SMILES string of the molecule is CCCCCCCCCCCCCCCC(=O)N[C@@H](CO[C@@H]1O[C@H](CO)[C@H](O)[C@H](O)[C@H]1O)[C@H](O)[C@H](O)CCCCCCCCCC(C)CC. The summed E-state index contributed by atoms with van der Waals surface area (Å²) in [6.45, 7) is 5.88. The molecule has 1 aliphatic rings. The van der Waals surface area contributed by atoms with E-state index in [0.29, 0.717) is 6.42 Å². The van der Waals surface area contributed by atoms with Crippen molar-refractivity contribution in [2.75, 3.05) is 13.2 Å². The summed E-state index contributed by atoms with van der Waals surface area (Å²) in [6, 6.07) is -0.984. The topological polar surface area (TPSA) is 169 Å². The lowest BCUT2D eigenvalue weighted by molar-refractivity contribution is -0.303. The van der Waals surface area contributed by atoms with Crippen molar-refractivity contribution >= 4 is 5.91 Å². The maximum Gasteiger partial charge on any atom is 0.220 e. The number of aliphatic hydroxyl groups excluding tert-OH is 6. The third-order valence-electron chi connectivity index (χ3n) is 10.3. The molecule has 1 saturated heterocycles. The summed E-state index contributed by atoms with van der Waals surface area (Å²) in [5.74, 6) is 0.536. The van der Waals surface area contributed by atoms with Crippen molar-refractivity contribution in [1.82, 2.24) is 5.32 Å². The first kappa shape index (κ1) is 46.2. The highest BCUT2D eigenvalue weighted by molar-refractivity contribution is 5.76. The van der Waals surface area contributed by atoms with E-state index in [1.165, 1.54) is 89.9 Å². The highest BCUT2D eigenvalue weighted by atomic mass is 16.7. The Morgan fingerprint density at radius 3 is 1.69 bits per heavy atom. The van der Waals surface area contributed by atoms with Crippen LogP contribution >= 0.6 is 0 Å². The molecule has 0 aromatic carbocycles. The van der Waals surface area contributed by atoms with Gasteiger partial charge in [-0.25, -0.2) is 0 Å². The van der Waals surface area contributed by atoms with E-state index in [0.717, 1.165) is 57.3 Å². The number of rotatable bonds is 32. The van der Waals surface area contributed by atoms with Crippen molar-refractivity contribution in [3.63, 3.8) is 0 Å². The molecule has 0 bridgehead atoms. The number of hydrogen-bond donors (Lipinski definition) is 7. The Bertz CT molecular complexity index is 773. The summed E-state index contributed by atoms with van der Waals surface area (Å²) in [7, 11) is 0. The van der Waals surface area contributed by atoms with Gasteiger partial charge in [-0.2, -0.15) is 0 Å². The van der Waals surface area contributed by atoms with E-state index in [1.807, 2.05) is 0 Å². The predicted molar refractivity (Wildman–Crippen MR) is 195 cm³/mol. The van der Waals surface area contributed by atoms with Gasteiger partial charge < -0.3 is 45.4 Å². The molecule has 1 amide bonds. The number of amides is 1.